The average molecular weight is 294 g/mol. The molecule has 2 heterocycles. The summed E-state index contributed by atoms with van der Waals surface area (Å²) in [6.07, 6.45) is 4.79. The Kier molecular flexibility index (Phi) is 4.10. The van der Waals surface area contributed by atoms with Gasteiger partial charge in [0.2, 0.25) is 0 Å². The van der Waals surface area contributed by atoms with Crippen LogP contribution in [0.15, 0.2) is 5.38 Å². The van der Waals surface area contributed by atoms with Gasteiger partial charge in [0.1, 0.15) is 0 Å². The summed E-state index contributed by atoms with van der Waals surface area (Å²) in [7, 11) is 0. The number of carbonyl (C=O) groups excluding carboxylic acids is 1. The highest BCUT2D eigenvalue weighted by Gasteiger charge is 2.25. The number of rotatable bonds is 2. The van der Waals surface area contributed by atoms with Gasteiger partial charge in [-0.1, -0.05) is 12.8 Å². The lowest BCUT2D eigenvalue weighted by Gasteiger charge is -2.35. The maximum Gasteiger partial charge on any atom is 0.317 e. The van der Waals surface area contributed by atoms with Crippen molar-refractivity contribution < 1.29 is 4.79 Å². The van der Waals surface area contributed by atoms with Gasteiger partial charge < -0.3 is 15.1 Å². The Morgan fingerprint density at radius 3 is 2.60 bits per heavy atom. The van der Waals surface area contributed by atoms with Gasteiger partial charge >= 0.3 is 6.03 Å². The smallest absolute Gasteiger partial charge is 0.317 e. The molecule has 0 spiro atoms. The lowest BCUT2D eigenvalue weighted by molar-refractivity contribution is 0.190. The van der Waals surface area contributed by atoms with Crippen LogP contribution in [0.5, 0.6) is 0 Å². The second-order valence-electron chi connectivity index (χ2n) is 5.68. The van der Waals surface area contributed by atoms with E-state index in [0.717, 1.165) is 49.8 Å². The van der Waals surface area contributed by atoms with Gasteiger partial charge in [0, 0.05) is 37.6 Å². The number of piperazine rings is 1. The highest BCUT2D eigenvalue weighted by molar-refractivity contribution is 7.13. The van der Waals surface area contributed by atoms with E-state index in [1.54, 1.807) is 11.3 Å². The van der Waals surface area contributed by atoms with Crippen molar-refractivity contribution in [3.8, 4) is 0 Å². The first-order chi connectivity index (χ1) is 9.72. The summed E-state index contributed by atoms with van der Waals surface area (Å²) >= 11 is 1.69. The topological polar surface area (TPSA) is 48.5 Å². The molecule has 0 bridgehead atoms. The normalized spacial score (nSPS) is 20.4. The van der Waals surface area contributed by atoms with Crippen molar-refractivity contribution in [1.82, 2.24) is 15.2 Å². The van der Waals surface area contributed by atoms with Crippen molar-refractivity contribution in [1.29, 1.82) is 0 Å². The van der Waals surface area contributed by atoms with Crippen LogP contribution in [0.1, 0.15) is 31.4 Å². The number of aryl methyl sites for hydroxylation is 1. The van der Waals surface area contributed by atoms with E-state index in [9.17, 15) is 4.79 Å². The Morgan fingerprint density at radius 1 is 1.30 bits per heavy atom. The summed E-state index contributed by atoms with van der Waals surface area (Å²) in [6, 6.07) is 0.522. The Bertz CT molecular complexity index is 461. The SMILES string of the molecule is Cc1csc(N2CCN(C(=O)NC3CCCC3)CC2)n1. The van der Waals surface area contributed by atoms with E-state index in [1.807, 2.05) is 11.8 Å². The summed E-state index contributed by atoms with van der Waals surface area (Å²) in [6.45, 7) is 5.36. The predicted octanol–water partition coefficient (Wildman–Crippen LogP) is 2.23. The summed E-state index contributed by atoms with van der Waals surface area (Å²) in [4.78, 5) is 20.9. The molecule has 1 aromatic heterocycles. The van der Waals surface area contributed by atoms with Gasteiger partial charge in [0.25, 0.3) is 0 Å². The van der Waals surface area contributed by atoms with Crippen LogP contribution >= 0.6 is 11.3 Å². The zero-order valence-electron chi connectivity index (χ0n) is 12.0. The lowest BCUT2D eigenvalue weighted by atomic mass is 10.2. The van der Waals surface area contributed by atoms with E-state index in [1.165, 1.54) is 12.8 Å². The molecule has 1 aliphatic heterocycles. The molecule has 0 radical (unpaired) electrons. The summed E-state index contributed by atoms with van der Waals surface area (Å²) < 4.78 is 0. The van der Waals surface area contributed by atoms with Crippen LogP contribution in [0.4, 0.5) is 9.93 Å². The molecule has 2 aliphatic rings. The first kappa shape index (κ1) is 13.7. The molecular formula is C14H22N4OS. The van der Waals surface area contributed by atoms with E-state index in [-0.39, 0.29) is 6.03 Å². The van der Waals surface area contributed by atoms with Gasteiger partial charge in [0.05, 0.1) is 5.69 Å². The molecule has 0 unspecified atom stereocenters. The van der Waals surface area contributed by atoms with Crippen LogP contribution in [0.3, 0.4) is 0 Å². The van der Waals surface area contributed by atoms with E-state index in [2.05, 4.69) is 20.6 Å². The number of carbonyl (C=O) groups is 1. The molecule has 1 aliphatic carbocycles. The van der Waals surface area contributed by atoms with Crippen molar-refractivity contribution in [3.05, 3.63) is 11.1 Å². The third kappa shape index (κ3) is 3.06. The van der Waals surface area contributed by atoms with Gasteiger partial charge in [-0.25, -0.2) is 9.78 Å². The van der Waals surface area contributed by atoms with Crippen molar-refractivity contribution in [2.24, 2.45) is 0 Å². The average Bonchev–Trinajstić information content (AvgIpc) is 3.10. The van der Waals surface area contributed by atoms with E-state index in [4.69, 9.17) is 0 Å². The van der Waals surface area contributed by atoms with Crippen molar-refractivity contribution in [2.45, 2.75) is 38.6 Å². The molecule has 0 atom stereocenters. The molecule has 2 amide bonds. The molecule has 6 heteroatoms. The Morgan fingerprint density at radius 2 is 2.00 bits per heavy atom. The largest absolute Gasteiger partial charge is 0.345 e. The first-order valence-corrected chi connectivity index (χ1v) is 8.33. The zero-order valence-corrected chi connectivity index (χ0v) is 12.8. The minimum absolute atomic E-state index is 0.117. The summed E-state index contributed by atoms with van der Waals surface area (Å²) in [5.41, 5.74) is 1.08. The molecule has 1 aromatic rings. The molecule has 0 aromatic carbocycles. The Hall–Kier alpha value is -1.30. The fourth-order valence-corrected chi connectivity index (χ4v) is 3.78. The van der Waals surface area contributed by atoms with Crippen LogP contribution in [0.2, 0.25) is 0 Å². The van der Waals surface area contributed by atoms with Crippen LogP contribution in [0, 0.1) is 6.92 Å². The van der Waals surface area contributed by atoms with E-state index < -0.39 is 0 Å². The monoisotopic (exact) mass is 294 g/mol. The minimum atomic E-state index is 0.117. The van der Waals surface area contributed by atoms with E-state index >= 15 is 0 Å². The molecule has 3 rings (SSSR count). The Balaban J connectivity index is 1.49. The second-order valence-corrected chi connectivity index (χ2v) is 6.51. The van der Waals surface area contributed by atoms with Gasteiger partial charge in [-0.05, 0) is 19.8 Å². The first-order valence-electron chi connectivity index (χ1n) is 7.45. The van der Waals surface area contributed by atoms with Crippen molar-refractivity contribution >= 4 is 22.5 Å². The van der Waals surface area contributed by atoms with Gasteiger partial charge in [-0.2, -0.15) is 0 Å². The standard InChI is InChI=1S/C14H22N4OS/c1-11-10-20-14(15-11)18-8-6-17(7-9-18)13(19)16-12-4-2-3-5-12/h10,12H,2-9H2,1H3,(H,16,19). The van der Waals surface area contributed by atoms with Gasteiger partial charge in [0.15, 0.2) is 5.13 Å². The second kappa shape index (κ2) is 5.99. The zero-order chi connectivity index (χ0) is 13.9. The number of thiazole rings is 1. The number of nitrogens with zero attached hydrogens (tertiary/aromatic N) is 3. The number of anilines is 1. The van der Waals surface area contributed by atoms with Gasteiger partial charge in [-0.15, -0.1) is 11.3 Å². The van der Waals surface area contributed by atoms with Crippen molar-refractivity contribution in [3.63, 3.8) is 0 Å². The number of nitrogens with one attached hydrogen (secondary N) is 1. The Labute approximate surface area is 124 Å². The predicted molar refractivity (Wildman–Crippen MR) is 81.4 cm³/mol. The maximum absolute atomic E-state index is 12.2. The lowest BCUT2D eigenvalue weighted by Crippen LogP contribution is -2.53. The summed E-state index contributed by atoms with van der Waals surface area (Å²) in [5.74, 6) is 0. The molecule has 1 saturated heterocycles. The molecule has 2 fully saturated rings. The highest BCUT2D eigenvalue weighted by Crippen LogP contribution is 2.22. The number of aromatic nitrogens is 1. The molecular weight excluding hydrogens is 272 g/mol. The third-order valence-electron chi connectivity index (χ3n) is 4.13. The number of urea groups is 1. The van der Waals surface area contributed by atoms with Crippen LogP contribution in [-0.2, 0) is 0 Å². The summed E-state index contributed by atoms with van der Waals surface area (Å²) in [5, 5.41) is 6.32. The van der Waals surface area contributed by atoms with Crippen molar-refractivity contribution in [2.75, 3.05) is 31.1 Å². The molecule has 1 N–H and O–H groups in total. The van der Waals surface area contributed by atoms with Gasteiger partial charge in [-0.3, -0.25) is 0 Å². The minimum Gasteiger partial charge on any atom is -0.345 e. The molecule has 110 valence electrons. The van der Waals surface area contributed by atoms with Crippen LogP contribution in [0.25, 0.3) is 0 Å². The molecule has 20 heavy (non-hydrogen) atoms. The van der Waals surface area contributed by atoms with E-state index in [0.29, 0.717) is 6.04 Å². The van der Waals surface area contributed by atoms with Crippen LogP contribution < -0.4 is 10.2 Å². The maximum atomic E-state index is 12.2. The molecule has 5 nitrogen and oxygen atoms in total. The quantitative estimate of drug-likeness (QED) is 0.910. The fraction of sp³-hybridized carbons (Fsp3) is 0.714. The number of hydrogen-bond acceptors (Lipinski definition) is 4. The highest BCUT2D eigenvalue weighted by atomic mass is 32.1. The number of amides is 2. The molecule has 1 saturated carbocycles. The number of hydrogen-bond donors (Lipinski definition) is 1. The third-order valence-corrected chi connectivity index (χ3v) is 5.15. The fourth-order valence-electron chi connectivity index (χ4n) is 2.92. The van der Waals surface area contributed by atoms with Crippen LogP contribution in [-0.4, -0.2) is 48.1 Å².